The second-order valence-corrected chi connectivity index (χ2v) is 11.7. The van der Waals surface area contributed by atoms with E-state index in [2.05, 4.69) is 15.1 Å². The van der Waals surface area contributed by atoms with E-state index in [-0.39, 0.29) is 11.9 Å². The van der Waals surface area contributed by atoms with Crippen molar-refractivity contribution >= 4 is 27.1 Å². The van der Waals surface area contributed by atoms with E-state index in [0.717, 1.165) is 49.4 Å². The van der Waals surface area contributed by atoms with Gasteiger partial charge in [0.15, 0.2) is 9.84 Å². The van der Waals surface area contributed by atoms with Gasteiger partial charge in [0.2, 0.25) is 5.91 Å². The standard InChI is InChI=1S/C26H33F3N4O3S/c1-37(35,36)24-8-4-21(5-9-24)30-22-10-14-33(15-11-22)25(34)12-13-31-16-18-32(19-17-31)23-6-2-20(3-7-23)26(27,28)29/h2-9,22,30H,10-19H2,1H3. The Kier molecular flexibility index (Phi) is 8.33. The van der Waals surface area contributed by atoms with Crippen molar-refractivity contribution in [2.75, 3.05) is 62.3 Å². The summed E-state index contributed by atoms with van der Waals surface area (Å²) in [5.74, 6) is 0.140. The first-order valence-corrected chi connectivity index (χ1v) is 14.4. The van der Waals surface area contributed by atoms with Crippen LogP contribution in [0.15, 0.2) is 53.4 Å². The highest BCUT2D eigenvalue weighted by molar-refractivity contribution is 7.90. The Morgan fingerprint density at radius 2 is 1.51 bits per heavy atom. The van der Waals surface area contributed by atoms with Crippen LogP contribution in [-0.4, -0.2) is 82.2 Å². The van der Waals surface area contributed by atoms with Crippen LogP contribution in [-0.2, 0) is 20.8 Å². The molecule has 1 N–H and O–H groups in total. The molecule has 2 aromatic carbocycles. The molecule has 2 heterocycles. The predicted octanol–water partition coefficient (Wildman–Crippen LogP) is 3.72. The first kappa shape index (κ1) is 27.3. The van der Waals surface area contributed by atoms with Crippen LogP contribution in [0.3, 0.4) is 0 Å². The maximum atomic E-state index is 12.8. The predicted molar refractivity (Wildman–Crippen MR) is 137 cm³/mol. The second-order valence-electron chi connectivity index (χ2n) is 9.72. The van der Waals surface area contributed by atoms with Gasteiger partial charge in [-0.2, -0.15) is 13.2 Å². The van der Waals surface area contributed by atoms with E-state index >= 15 is 0 Å². The van der Waals surface area contributed by atoms with Crippen LogP contribution < -0.4 is 10.2 Å². The molecule has 0 spiro atoms. The fourth-order valence-corrected chi connectivity index (χ4v) is 5.44. The summed E-state index contributed by atoms with van der Waals surface area (Å²) in [6.07, 6.45) is -1.04. The highest BCUT2D eigenvalue weighted by Crippen LogP contribution is 2.30. The topological polar surface area (TPSA) is 73.0 Å². The molecule has 11 heteroatoms. The summed E-state index contributed by atoms with van der Waals surface area (Å²) >= 11 is 0. The van der Waals surface area contributed by atoms with Crippen LogP contribution in [0.5, 0.6) is 0 Å². The van der Waals surface area contributed by atoms with Crippen LogP contribution in [0.1, 0.15) is 24.8 Å². The van der Waals surface area contributed by atoms with Crippen molar-refractivity contribution in [2.45, 2.75) is 36.4 Å². The van der Waals surface area contributed by atoms with Gasteiger partial charge in [0.25, 0.3) is 0 Å². The fourth-order valence-electron chi connectivity index (χ4n) is 4.81. The summed E-state index contributed by atoms with van der Waals surface area (Å²) in [6, 6.07) is 12.2. The number of piperazine rings is 1. The summed E-state index contributed by atoms with van der Waals surface area (Å²) in [6.45, 7) is 4.98. The Morgan fingerprint density at radius 3 is 2.05 bits per heavy atom. The number of sulfone groups is 1. The molecule has 202 valence electrons. The van der Waals surface area contributed by atoms with Crippen molar-refractivity contribution in [1.82, 2.24) is 9.80 Å². The molecule has 0 atom stereocenters. The zero-order chi connectivity index (χ0) is 26.6. The van der Waals surface area contributed by atoms with Crippen LogP contribution >= 0.6 is 0 Å². The van der Waals surface area contributed by atoms with E-state index in [9.17, 15) is 26.4 Å². The molecule has 2 aromatic rings. The van der Waals surface area contributed by atoms with Crippen molar-refractivity contribution < 1.29 is 26.4 Å². The number of piperidine rings is 1. The van der Waals surface area contributed by atoms with Gasteiger partial charge < -0.3 is 15.1 Å². The average Bonchev–Trinajstić information content (AvgIpc) is 2.87. The lowest BCUT2D eigenvalue weighted by molar-refractivity contribution is -0.137. The highest BCUT2D eigenvalue weighted by atomic mass is 32.2. The Bertz CT molecular complexity index is 1160. The van der Waals surface area contributed by atoms with Crippen LogP contribution in [0.2, 0.25) is 0 Å². The fraction of sp³-hybridized carbons (Fsp3) is 0.500. The first-order valence-electron chi connectivity index (χ1n) is 12.5. The number of hydrogen-bond acceptors (Lipinski definition) is 6. The number of carbonyl (C=O) groups is 1. The number of carbonyl (C=O) groups excluding carboxylic acids is 1. The monoisotopic (exact) mass is 538 g/mol. The summed E-state index contributed by atoms with van der Waals surface area (Å²) in [5.41, 5.74) is 1.01. The van der Waals surface area contributed by atoms with E-state index in [4.69, 9.17) is 0 Å². The van der Waals surface area contributed by atoms with E-state index in [1.54, 1.807) is 24.3 Å². The van der Waals surface area contributed by atoms with E-state index < -0.39 is 21.6 Å². The van der Waals surface area contributed by atoms with Crippen molar-refractivity contribution in [1.29, 1.82) is 0 Å². The van der Waals surface area contributed by atoms with Gasteiger partial charge in [0.1, 0.15) is 0 Å². The number of anilines is 2. The summed E-state index contributed by atoms with van der Waals surface area (Å²) in [4.78, 5) is 19.3. The van der Waals surface area contributed by atoms with Gasteiger partial charge in [-0.3, -0.25) is 9.69 Å². The van der Waals surface area contributed by atoms with E-state index in [1.807, 2.05) is 4.90 Å². The molecule has 2 saturated heterocycles. The summed E-state index contributed by atoms with van der Waals surface area (Å²) < 4.78 is 61.5. The minimum absolute atomic E-state index is 0.140. The van der Waals surface area contributed by atoms with E-state index in [0.29, 0.717) is 44.0 Å². The Labute approximate surface area is 216 Å². The van der Waals surface area contributed by atoms with Gasteiger partial charge in [0, 0.05) is 75.9 Å². The van der Waals surface area contributed by atoms with Crippen molar-refractivity contribution in [3.05, 3.63) is 54.1 Å². The highest BCUT2D eigenvalue weighted by Gasteiger charge is 2.30. The average molecular weight is 539 g/mol. The molecule has 0 saturated carbocycles. The third kappa shape index (κ3) is 7.38. The van der Waals surface area contributed by atoms with Gasteiger partial charge in [-0.15, -0.1) is 0 Å². The molecule has 37 heavy (non-hydrogen) atoms. The van der Waals surface area contributed by atoms with Gasteiger partial charge in [0.05, 0.1) is 10.5 Å². The minimum atomic E-state index is -4.33. The smallest absolute Gasteiger partial charge is 0.382 e. The molecule has 0 unspecified atom stereocenters. The number of nitrogens with one attached hydrogen (secondary N) is 1. The molecule has 2 aliphatic rings. The van der Waals surface area contributed by atoms with Crippen molar-refractivity contribution in [2.24, 2.45) is 0 Å². The Morgan fingerprint density at radius 1 is 0.919 bits per heavy atom. The first-order chi connectivity index (χ1) is 17.5. The number of alkyl halides is 3. The summed E-state index contributed by atoms with van der Waals surface area (Å²) in [7, 11) is -3.22. The number of likely N-dealkylation sites (tertiary alicyclic amines) is 1. The second kappa shape index (κ2) is 11.3. The maximum Gasteiger partial charge on any atom is 0.416 e. The molecule has 7 nitrogen and oxygen atoms in total. The normalized spacial score (nSPS) is 18.2. The third-order valence-corrected chi connectivity index (χ3v) is 8.20. The lowest BCUT2D eigenvalue weighted by Gasteiger charge is -2.37. The molecule has 4 rings (SSSR count). The molecular formula is C26H33F3N4O3S. The zero-order valence-electron chi connectivity index (χ0n) is 20.9. The van der Waals surface area contributed by atoms with Crippen LogP contribution in [0.4, 0.5) is 24.5 Å². The molecular weight excluding hydrogens is 505 g/mol. The minimum Gasteiger partial charge on any atom is -0.382 e. The number of nitrogens with zero attached hydrogens (tertiary/aromatic N) is 3. The Hall–Kier alpha value is -2.79. The lowest BCUT2D eigenvalue weighted by Crippen LogP contribution is -2.48. The SMILES string of the molecule is CS(=O)(=O)c1ccc(NC2CCN(C(=O)CCN3CCN(c4ccc(C(F)(F)F)cc4)CC3)CC2)cc1. The lowest BCUT2D eigenvalue weighted by atomic mass is 10.0. The molecule has 0 aromatic heterocycles. The molecule has 2 aliphatic heterocycles. The number of rotatable bonds is 7. The molecule has 1 amide bonds. The number of hydrogen-bond donors (Lipinski definition) is 1. The quantitative estimate of drug-likeness (QED) is 0.580. The van der Waals surface area contributed by atoms with E-state index in [1.165, 1.54) is 18.4 Å². The maximum absolute atomic E-state index is 12.8. The zero-order valence-corrected chi connectivity index (χ0v) is 21.7. The van der Waals surface area contributed by atoms with Crippen LogP contribution in [0.25, 0.3) is 0 Å². The number of amides is 1. The number of halogens is 3. The molecule has 0 bridgehead atoms. The number of benzene rings is 2. The van der Waals surface area contributed by atoms with Gasteiger partial charge >= 0.3 is 6.18 Å². The third-order valence-electron chi connectivity index (χ3n) is 7.07. The molecule has 0 aliphatic carbocycles. The summed E-state index contributed by atoms with van der Waals surface area (Å²) in [5, 5.41) is 3.43. The largest absolute Gasteiger partial charge is 0.416 e. The molecule has 2 fully saturated rings. The van der Waals surface area contributed by atoms with Crippen molar-refractivity contribution in [3.8, 4) is 0 Å². The van der Waals surface area contributed by atoms with Gasteiger partial charge in [-0.1, -0.05) is 0 Å². The Balaban J connectivity index is 1.15. The van der Waals surface area contributed by atoms with Gasteiger partial charge in [-0.05, 0) is 61.4 Å². The van der Waals surface area contributed by atoms with Crippen LogP contribution in [0, 0.1) is 0 Å². The van der Waals surface area contributed by atoms with Gasteiger partial charge in [-0.25, -0.2) is 8.42 Å². The molecule has 0 radical (unpaired) electrons. The van der Waals surface area contributed by atoms with Crippen molar-refractivity contribution in [3.63, 3.8) is 0 Å².